The van der Waals surface area contributed by atoms with E-state index >= 15 is 0 Å². The van der Waals surface area contributed by atoms with Crippen LogP contribution in [0.4, 0.5) is 5.82 Å². The molecule has 1 aromatic heterocycles. The highest BCUT2D eigenvalue weighted by Crippen LogP contribution is 2.22. The van der Waals surface area contributed by atoms with E-state index in [1.807, 2.05) is 29.7 Å². The number of hydrogen-bond acceptors (Lipinski definition) is 4. The van der Waals surface area contributed by atoms with E-state index in [1.165, 1.54) is 17.9 Å². The maximum absolute atomic E-state index is 4.43. The van der Waals surface area contributed by atoms with Gasteiger partial charge in [0.1, 0.15) is 5.82 Å². The van der Waals surface area contributed by atoms with Gasteiger partial charge in [0.25, 0.3) is 0 Å². The average Bonchev–Trinajstić information content (AvgIpc) is 2.19. The zero-order valence-electron chi connectivity index (χ0n) is 8.36. The molecule has 82 valence electrons. The first-order valence-electron chi connectivity index (χ1n) is 4.88. The van der Waals surface area contributed by atoms with Crippen LogP contribution < -0.4 is 4.90 Å². The van der Waals surface area contributed by atoms with Crippen LogP contribution in [0, 0.1) is 0 Å². The molecule has 15 heavy (non-hydrogen) atoms. The van der Waals surface area contributed by atoms with Crippen molar-refractivity contribution in [2.45, 2.75) is 6.42 Å². The number of halogens is 1. The van der Waals surface area contributed by atoms with Crippen LogP contribution in [0.25, 0.3) is 0 Å². The molecular weight excluding hydrogens is 292 g/mol. The fraction of sp³-hybridized carbons (Fsp3) is 0.500. The minimum Gasteiger partial charge on any atom is -0.338 e. The summed E-state index contributed by atoms with van der Waals surface area (Å²) < 4.78 is 1.04. The monoisotopic (exact) mass is 304 g/mol. The summed E-state index contributed by atoms with van der Waals surface area (Å²) in [5.41, 5.74) is 0. The third-order valence-electron chi connectivity index (χ3n) is 2.11. The van der Waals surface area contributed by atoms with E-state index in [0.717, 1.165) is 22.0 Å². The van der Waals surface area contributed by atoms with E-state index in [1.54, 1.807) is 0 Å². The zero-order valence-corrected chi connectivity index (χ0v) is 11.6. The molecular formula is C10H13BrN2S2. The van der Waals surface area contributed by atoms with Crippen LogP contribution in [0.3, 0.4) is 0 Å². The lowest BCUT2D eigenvalue weighted by Crippen LogP contribution is -2.24. The van der Waals surface area contributed by atoms with E-state index in [9.17, 15) is 0 Å². The molecule has 2 nitrogen and oxygen atoms in total. The summed E-state index contributed by atoms with van der Waals surface area (Å²) in [6.07, 6.45) is 3.19. The van der Waals surface area contributed by atoms with Crippen molar-refractivity contribution >= 4 is 45.3 Å². The van der Waals surface area contributed by atoms with Gasteiger partial charge in [-0.1, -0.05) is 0 Å². The third-order valence-corrected chi connectivity index (χ3v) is 4.72. The first-order valence-corrected chi connectivity index (χ1v) is 7.98. The number of pyridine rings is 1. The SMILES string of the molecule is Brc1ccc(N2CSCCCSC2)nc1. The van der Waals surface area contributed by atoms with Crippen LogP contribution in [0.5, 0.6) is 0 Å². The van der Waals surface area contributed by atoms with Gasteiger partial charge in [0.15, 0.2) is 0 Å². The van der Waals surface area contributed by atoms with Gasteiger partial charge in [-0.05, 0) is 46.0 Å². The highest BCUT2D eigenvalue weighted by Gasteiger charge is 2.10. The molecule has 0 atom stereocenters. The number of nitrogens with zero attached hydrogens (tertiary/aromatic N) is 2. The second-order valence-corrected chi connectivity index (χ2v) is 6.37. The lowest BCUT2D eigenvalue weighted by molar-refractivity contribution is 0.994. The molecule has 0 spiro atoms. The van der Waals surface area contributed by atoms with Gasteiger partial charge in [0, 0.05) is 10.7 Å². The van der Waals surface area contributed by atoms with Gasteiger partial charge in [-0.25, -0.2) is 4.98 Å². The van der Waals surface area contributed by atoms with Crippen LogP contribution >= 0.6 is 39.5 Å². The van der Waals surface area contributed by atoms with Crippen LogP contribution in [-0.4, -0.2) is 28.2 Å². The molecule has 2 rings (SSSR count). The van der Waals surface area contributed by atoms with E-state index in [2.05, 4.69) is 37.9 Å². The number of aromatic nitrogens is 1. The predicted molar refractivity (Wildman–Crippen MR) is 73.7 cm³/mol. The predicted octanol–water partition coefficient (Wildman–Crippen LogP) is 3.44. The van der Waals surface area contributed by atoms with Crippen molar-refractivity contribution in [2.24, 2.45) is 0 Å². The Balaban J connectivity index is 2.03. The molecule has 1 aromatic rings. The van der Waals surface area contributed by atoms with Gasteiger partial charge in [0.05, 0.1) is 11.8 Å². The third kappa shape index (κ3) is 3.57. The maximum Gasteiger partial charge on any atom is 0.129 e. The topological polar surface area (TPSA) is 16.1 Å². The van der Waals surface area contributed by atoms with Crippen molar-refractivity contribution in [1.29, 1.82) is 0 Å². The summed E-state index contributed by atoms with van der Waals surface area (Å²) in [7, 11) is 0. The van der Waals surface area contributed by atoms with Crippen LogP contribution in [0.1, 0.15) is 6.42 Å². The second kappa shape index (κ2) is 6.01. The molecule has 0 radical (unpaired) electrons. The van der Waals surface area contributed by atoms with E-state index in [0.29, 0.717) is 0 Å². The first-order chi connectivity index (χ1) is 7.36. The van der Waals surface area contributed by atoms with Crippen LogP contribution in [-0.2, 0) is 0 Å². The Morgan fingerprint density at radius 2 is 1.93 bits per heavy atom. The molecule has 0 amide bonds. The number of anilines is 1. The summed E-state index contributed by atoms with van der Waals surface area (Å²) in [5.74, 6) is 5.73. The van der Waals surface area contributed by atoms with Crippen molar-refractivity contribution in [3.8, 4) is 0 Å². The Kier molecular flexibility index (Phi) is 4.65. The Morgan fingerprint density at radius 3 is 2.53 bits per heavy atom. The lowest BCUT2D eigenvalue weighted by atomic mass is 10.4. The van der Waals surface area contributed by atoms with E-state index in [-0.39, 0.29) is 0 Å². The first kappa shape index (κ1) is 11.6. The van der Waals surface area contributed by atoms with E-state index in [4.69, 9.17) is 0 Å². The quantitative estimate of drug-likeness (QED) is 0.789. The Labute approximate surface area is 107 Å². The molecule has 0 saturated carbocycles. The number of thioether (sulfide) groups is 2. The highest BCUT2D eigenvalue weighted by molar-refractivity contribution is 9.10. The maximum atomic E-state index is 4.43. The largest absolute Gasteiger partial charge is 0.338 e. The smallest absolute Gasteiger partial charge is 0.129 e. The summed E-state index contributed by atoms with van der Waals surface area (Å²) in [6, 6.07) is 4.13. The molecule has 2 heterocycles. The van der Waals surface area contributed by atoms with Crippen molar-refractivity contribution in [1.82, 2.24) is 4.98 Å². The number of hydrogen-bond donors (Lipinski definition) is 0. The molecule has 1 aliphatic rings. The molecule has 5 heteroatoms. The fourth-order valence-electron chi connectivity index (χ4n) is 1.34. The van der Waals surface area contributed by atoms with Gasteiger partial charge in [0.2, 0.25) is 0 Å². The van der Waals surface area contributed by atoms with Crippen molar-refractivity contribution < 1.29 is 0 Å². The van der Waals surface area contributed by atoms with Gasteiger partial charge in [-0.15, -0.1) is 23.5 Å². The summed E-state index contributed by atoms with van der Waals surface area (Å²) in [5, 5.41) is 0. The highest BCUT2D eigenvalue weighted by atomic mass is 79.9. The lowest BCUT2D eigenvalue weighted by Gasteiger charge is -2.24. The van der Waals surface area contributed by atoms with Gasteiger partial charge in [-0.3, -0.25) is 0 Å². The van der Waals surface area contributed by atoms with Crippen molar-refractivity contribution in [3.63, 3.8) is 0 Å². The van der Waals surface area contributed by atoms with Crippen LogP contribution in [0.2, 0.25) is 0 Å². The van der Waals surface area contributed by atoms with E-state index < -0.39 is 0 Å². The Morgan fingerprint density at radius 1 is 1.20 bits per heavy atom. The molecule has 0 unspecified atom stereocenters. The average molecular weight is 305 g/mol. The molecule has 1 fully saturated rings. The van der Waals surface area contributed by atoms with Crippen LogP contribution in [0.15, 0.2) is 22.8 Å². The zero-order chi connectivity index (χ0) is 10.5. The summed E-state index contributed by atoms with van der Waals surface area (Å²) in [4.78, 5) is 6.76. The molecule has 1 aliphatic heterocycles. The normalized spacial score (nSPS) is 18.3. The summed E-state index contributed by atoms with van der Waals surface area (Å²) >= 11 is 7.40. The van der Waals surface area contributed by atoms with Gasteiger partial charge < -0.3 is 4.90 Å². The Bertz CT molecular complexity index is 297. The van der Waals surface area contributed by atoms with Gasteiger partial charge >= 0.3 is 0 Å². The molecule has 0 aliphatic carbocycles. The molecule has 0 aromatic carbocycles. The number of rotatable bonds is 1. The molecule has 1 saturated heterocycles. The minimum atomic E-state index is 1.04. The van der Waals surface area contributed by atoms with Crippen molar-refractivity contribution in [3.05, 3.63) is 22.8 Å². The molecule has 0 bridgehead atoms. The van der Waals surface area contributed by atoms with Crippen molar-refractivity contribution in [2.75, 3.05) is 28.2 Å². The standard InChI is InChI=1S/C10H13BrN2S2/c11-9-2-3-10(12-6-9)13-7-14-4-1-5-15-8-13/h2-3,6H,1,4-5,7-8H2. The second-order valence-electron chi connectivity index (χ2n) is 3.30. The van der Waals surface area contributed by atoms with Gasteiger partial charge in [-0.2, -0.15) is 0 Å². The Hall–Kier alpha value is 0.130. The molecule has 0 N–H and O–H groups in total. The fourth-order valence-corrected chi connectivity index (χ4v) is 3.71. The summed E-state index contributed by atoms with van der Waals surface area (Å²) in [6.45, 7) is 0. The minimum absolute atomic E-state index is 1.04.